The van der Waals surface area contributed by atoms with Crippen LogP contribution >= 0.6 is 11.6 Å². The van der Waals surface area contributed by atoms with E-state index in [1.165, 1.54) is 29.2 Å². The van der Waals surface area contributed by atoms with E-state index in [1.807, 2.05) is 6.92 Å². The molecular formula is C25H17ClF6N6. The lowest BCUT2D eigenvalue weighted by atomic mass is 9.98. The Morgan fingerprint density at radius 2 is 1.74 bits per heavy atom. The molecular weight excluding hydrogens is 534 g/mol. The molecule has 0 aliphatic carbocycles. The fourth-order valence-corrected chi connectivity index (χ4v) is 4.31. The van der Waals surface area contributed by atoms with Crippen molar-refractivity contribution >= 4 is 28.9 Å². The Bertz CT molecular complexity index is 1560. The number of aromatic nitrogens is 4. The Hall–Kier alpha value is -3.93. The summed E-state index contributed by atoms with van der Waals surface area (Å²) in [5.74, 6) is -0.0246. The molecule has 1 N–H and O–H groups in total. The van der Waals surface area contributed by atoms with Crippen LogP contribution < -0.4 is 5.32 Å². The molecule has 0 amide bonds. The zero-order valence-electron chi connectivity index (χ0n) is 19.5. The molecule has 2 aromatic carbocycles. The molecule has 0 radical (unpaired) electrons. The Kier molecular flexibility index (Phi) is 6.38. The standard InChI is InChI=1S/C25H17ClF6N6/c1-13-5-8-20-21(22(37-38(20)36-13)14-3-2-4-15(11-14)24(27,28)29)19-9-10-33-23(35-19)34-16-6-7-18(26)17(12-16)25(30,31)32/h2-4,6-7,9-12H,5,8H2,1H3,(H,33,34,35). The second-order valence-electron chi connectivity index (χ2n) is 8.56. The average Bonchev–Trinajstić information content (AvgIpc) is 3.23. The topological polar surface area (TPSA) is 68.0 Å². The van der Waals surface area contributed by atoms with Gasteiger partial charge in [0.25, 0.3) is 0 Å². The maximum absolute atomic E-state index is 13.4. The molecule has 196 valence electrons. The van der Waals surface area contributed by atoms with Crippen LogP contribution in [0.15, 0.2) is 59.8 Å². The highest BCUT2D eigenvalue weighted by atomic mass is 35.5. The minimum Gasteiger partial charge on any atom is -0.324 e. The van der Waals surface area contributed by atoms with E-state index in [1.54, 1.807) is 6.07 Å². The molecule has 0 fully saturated rings. The fourth-order valence-electron chi connectivity index (χ4n) is 4.08. The summed E-state index contributed by atoms with van der Waals surface area (Å²) in [7, 11) is 0. The predicted molar refractivity (Wildman–Crippen MR) is 130 cm³/mol. The SMILES string of the molecule is CC1=Nn2nc(-c3cccc(C(F)(F)F)c3)c(-c3ccnc(Nc4ccc(Cl)c(C(F)(F)F)c4)n3)c2CC1. The molecule has 0 saturated heterocycles. The maximum Gasteiger partial charge on any atom is 0.417 e. The lowest BCUT2D eigenvalue weighted by Crippen LogP contribution is -2.11. The smallest absolute Gasteiger partial charge is 0.324 e. The third-order valence-electron chi connectivity index (χ3n) is 5.85. The number of anilines is 2. The summed E-state index contributed by atoms with van der Waals surface area (Å²) in [4.78, 5) is 9.92. The number of benzene rings is 2. The van der Waals surface area contributed by atoms with Crippen LogP contribution in [0.1, 0.15) is 30.2 Å². The normalized spacial score (nSPS) is 13.7. The minimum atomic E-state index is -4.66. The van der Waals surface area contributed by atoms with Gasteiger partial charge in [0.1, 0.15) is 5.69 Å². The first kappa shape index (κ1) is 25.7. The van der Waals surface area contributed by atoms with Gasteiger partial charge in [0, 0.05) is 23.2 Å². The third kappa shape index (κ3) is 5.08. The highest BCUT2D eigenvalue weighted by Gasteiger charge is 2.34. The summed E-state index contributed by atoms with van der Waals surface area (Å²) in [6.07, 6.45) is -6.70. The molecule has 3 heterocycles. The number of nitrogens with zero attached hydrogens (tertiary/aromatic N) is 5. The largest absolute Gasteiger partial charge is 0.417 e. The molecule has 1 aliphatic heterocycles. The van der Waals surface area contributed by atoms with E-state index in [0.29, 0.717) is 29.8 Å². The summed E-state index contributed by atoms with van der Waals surface area (Å²) < 4.78 is 80.1. The Labute approximate surface area is 217 Å². The van der Waals surface area contributed by atoms with Gasteiger partial charge in [-0.05, 0) is 56.2 Å². The highest BCUT2D eigenvalue weighted by molar-refractivity contribution is 6.31. The van der Waals surface area contributed by atoms with Crippen molar-refractivity contribution < 1.29 is 26.3 Å². The first-order chi connectivity index (χ1) is 17.9. The first-order valence-electron chi connectivity index (χ1n) is 11.2. The minimum absolute atomic E-state index is 0.0246. The third-order valence-corrected chi connectivity index (χ3v) is 6.18. The van der Waals surface area contributed by atoms with Gasteiger partial charge in [-0.2, -0.15) is 36.2 Å². The number of halogens is 7. The lowest BCUT2D eigenvalue weighted by molar-refractivity contribution is -0.138. The van der Waals surface area contributed by atoms with Crippen LogP contribution in [0.4, 0.5) is 38.0 Å². The van der Waals surface area contributed by atoms with Gasteiger partial charge >= 0.3 is 12.4 Å². The van der Waals surface area contributed by atoms with Crippen LogP contribution in [-0.4, -0.2) is 25.6 Å². The quantitative estimate of drug-likeness (QED) is 0.266. The molecule has 0 unspecified atom stereocenters. The number of nitrogens with one attached hydrogen (secondary N) is 1. The number of fused-ring (bicyclic) bond motifs is 1. The summed E-state index contributed by atoms with van der Waals surface area (Å²) in [5.41, 5.74) is 0.855. The van der Waals surface area contributed by atoms with Gasteiger partial charge in [-0.3, -0.25) is 0 Å². The molecule has 5 rings (SSSR count). The van der Waals surface area contributed by atoms with Crippen molar-refractivity contribution in [2.75, 3.05) is 5.32 Å². The van der Waals surface area contributed by atoms with Gasteiger partial charge in [0.2, 0.25) is 5.95 Å². The molecule has 0 atom stereocenters. The summed E-state index contributed by atoms with van der Waals surface area (Å²) >= 11 is 5.70. The van der Waals surface area contributed by atoms with Crippen LogP contribution in [0.2, 0.25) is 5.02 Å². The van der Waals surface area contributed by atoms with Crippen molar-refractivity contribution in [3.05, 3.63) is 76.6 Å². The Morgan fingerprint density at radius 1 is 0.947 bits per heavy atom. The molecule has 13 heteroatoms. The van der Waals surface area contributed by atoms with Crippen molar-refractivity contribution in [2.24, 2.45) is 5.10 Å². The van der Waals surface area contributed by atoms with E-state index in [9.17, 15) is 26.3 Å². The molecule has 0 saturated carbocycles. The van der Waals surface area contributed by atoms with Gasteiger partial charge in [-0.1, -0.05) is 23.7 Å². The summed E-state index contributed by atoms with van der Waals surface area (Å²) in [5, 5.41) is 11.2. The number of hydrogen-bond acceptors (Lipinski definition) is 5. The first-order valence-corrected chi connectivity index (χ1v) is 11.6. The van der Waals surface area contributed by atoms with Crippen molar-refractivity contribution in [1.82, 2.24) is 19.9 Å². The zero-order valence-corrected chi connectivity index (χ0v) is 20.2. The van der Waals surface area contributed by atoms with Gasteiger partial charge in [0.15, 0.2) is 0 Å². The maximum atomic E-state index is 13.4. The summed E-state index contributed by atoms with van der Waals surface area (Å²) in [6, 6.07) is 9.62. The second-order valence-corrected chi connectivity index (χ2v) is 8.96. The van der Waals surface area contributed by atoms with Crippen molar-refractivity contribution in [1.29, 1.82) is 0 Å². The second kappa shape index (κ2) is 9.43. The lowest BCUT2D eigenvalue weighted by Gasteiger charge is -2.13. The van der Waals surface area contributed by atoms with E-state index in [2.05, 4.69) is 25.5 Å². The molecule has 1 aliphatic rings. The van der Waals surface area contributed by atoms with Crippen molar-refractivity contribution in [3.8, 4) is 22.5 Å². The Balaban J connectivity index is 1.60. The van der Waals surface area contributed by atoms with Crippen LogP contribution in [-0.2, 0) is 18.8 Å². The van der Waals surface area contributed by atoms with E-state index >= 15 is 0 Å². The van der Waals surface area contributed by atoms with Gasteiger partial charge < -0.3 is 5.32 Å². The monoisotopic (exact) mass is 550 g/mol. The van der Waals surface area contributed by atoms with Crippen LogP contribution in [0.25, 0.3) is 22.5 Å². The number of rotatable bonds is 4. The van der Waals surface area contributed by atoms with Crippen LogP contribution in [0, 0.1) is 0 Å². The zero-order chi connectivity index (χ0) is 27.2. The van der Waals surface area contributed by atoms with E-state index in [0.717, 1.165) is 30.0 Å². The molecule has 0 bridgehead atoms. The molecule has 0 spiro atoms. The number of hydrogen-bond donors (Lipinski definition) is 1. The molecule has 38 heavy (non-hydrogen) atoms. The fraction of sp³-hybridized carbons (Fsp3) is 0.200. The van der Waals surface area contributed by atoms with Crippen molar-refractivity contribution in [2.45, 2.75) is 32.1 Å². The summed E-state index contributed by atoms with van der Waals surface area (Å²) in [6.45, 7) is 1.82. The predicted octanol–water partition coefficient (Wildman–Crippen LogP) is 7.61. The molecule has 4 aromatic rings. The van der Waals surface area contributed by atoms with Gasteiger partial charge in [-0.15, -0.1) is 5.10 Å². The van der Waals surface area contributed by atoms with Crippen LogP contribution in [0.3, 0.4) is 0 Å². The van der Waals surface area contributed by atoms with Gasteiger partial charge in [-0.25, -0.2) is 9.97 Å². The van der Waals surface area contributed by atoms with Gasteiger partial charge in [0.05, 0.1) is 33.1 Å². The number of alkyl halides is 6. The van der Waals surface area contributed by atoms with E-state index < -0.39 is 28.5 Å². The van der Waals surface area contributed by atoms with E-state index in [4.69, 9.17) is 11.6 Å². The molecule has 6 nitrogen and oxygen atoms in total. The average molecular weight is 551 g/mol. The highest BCUT2D eigenvalue weighted by Crippen LogP contribution is 2.39. The Morgan fingerprint density at radius 3 is 2.47 bits per heavy atom. The van der Waals surface area contributed by atoms with Crippen molar-refractivity contribution in [3.63, 3.8) is 0 Å². The molecule has 2 aromatic heterocycles. The van der Waals surface area contributed by atoms with Crippen LogP contribution in [0.5, 0.6) is 0 Å². The van der Waals surface area contributed by atoms with E-state index in [-0.39, 0.29) is 22.9 Å².